The Balaban J connectivity index is 2.03. The van der Waals surface area contributed by atoms with E-state index >= 15 is 0 Å². The van der Waals surface area contributed by atoms with E-state index in [4.69, 9.17) is 10.5 Å². The summed E-state index contributed by atoms with van der Waals surface area (Å²) in [6, 6.07) is 3.75. The number of anilines is 2. The van der Waals surface area contributed by atoms with Crippen LogP contribution in [0.25, 0.3) is 0 Å². The average molecular weight is 324 g/mol. The largest absolute Gasteiger partial charge is 0.383 e. The highest BCUT2D eigenvalue weighted by Crippen LogP contribution is 2.15. The van der Waals surface area contributed by atoms with Crippen molar-refractivity contribution in [3.8, 4) is 0 Å². The molecule has 0 aromatic carbocycles. The first-order chi connectivity index (χ1) is 9.19. The molecular weight excluding hydrogens is 310 g/mol. The van der Waals surface area contributed by atoms with Crippen molar-refractivity contribution < 1.29 is 4.74 Å². The van der Waals surface area contributed by atoms with Gasteiger partial charge >= 0.3 is 0 Å². The molecule has 0 fully saturated rings. The minimum absolute atomic E-state index is 0.352. The Morgan fingerprint density at radius 3 is 2.95 bits per heavy atom. The van der Waals surface area contributed by atoms with E-state index in [1.54, 1.807) is 19.5 Å². The number of nitrogen functional groups attached to an aromatic ring is 1. The van der Waals surface area contributed by atoms with Gasteiger partial charge in [0.15, 0.2) is 5.82 Å². The number of rotatable bonds is 5. The summed E-state index contributed by atoms with van der Waals surface area (Å²) in [6.07, 6.45) is 3.41. The summed E-state index contributed by atoms with van der Waals surface area (Å²) in [7, 11) is 1.59. The lowest BCUT2D eigenvalue weighted by Gasteiger charge is -2.08. The van der Waals surface area contributed by atoms with Gasteiger partial charge in [0.05, 0.1) is 0 Å². The van der Waals surface area contributed by atoms with Crippen molar-refractivity contribution in [3.05, 3.63) is 40.4 Å². The zero-order chi connectivity index (χ0) is 13.7. The maximum Gasteiger partial charge on any atom is 0.156 e. The van der Waals surface area contributed by atoms with Crippen molar-refractivity contribution >= 4 is 27.6 Å². The van der Waals surface area contributed by atoms with Crippen LogP contribution < -0.4 is 11.1 Å². The molecule has 2 aromatic rings. The van der Waals surface area contributed by atoms with Crippen LogP contribution in [0, 0.1) is 0 Å². The van der Waals surface area contributed by atoms with E-state index in [0.717, 1.165) is 15.9 Å². The van der Waals surface area contributed by atoms with Gasteiger partial charge in [-0.15, -0.1) is 0 Å². The standard InChI is InChI=1S/C12H14BrN5O/c1-19-7-11-17-6-8(12(14)18-11)5-16-10-4-9(13)2-3-15-10/h2-4,6H,5,7H2,1H3,(H,15,16)(H2,14,17,18). The van der Waals surface area contributed by atoms with Gasteiger partial charge < -0.3 is 15.8 Å². The summed E-state index contributed by atoms with van der Waals surface area (Å²) in [5, 5.41) is 3.16. The zero-order valence-electron chi connectivity index (χ0n) is 10.4. The van der Waals surface area contributed by atoms with Crippen molar-refractivity contribution in [1.29, 1.82) is 0 Å². The first kappa shape index (κ1) is 13.7. The number of nitrogens with one attached hydrogen (secondary N) is 1. The van der Waals surface area contributed by atoms with Gasteiger partial charge in [0.25, 0.3) is 0 Å². The van der Waals surface area contributed by atoms with Crippen molar-refractivity contribution in [2.45, 2.75) is 13.2 Å². The number of nitrogens with two attached hydrogens (primary N) is 1. The summed E-state index contributed by atoms with van der Waals surface area (Å²) in [5.74, 6) is 1.78. The second-order valence-corrected chi connectivity index (χ2v) is 4.76. The Labute approximate surface area is 119 Å². The molecule has 3 N–H and O–H groups in total. The second-order valence-electron chi connectivity index (χ2n) is 3.84. The van der Waals surface area contributed by atoms with Crippen LogP contribution in [0.1, 0.15) is 11.4 Å². The molecule has 0 bridgehead atoms. The van der Waals surface area contributed by atoms with Gasteiger partial charge in [-0.1, -0.05) is 15.9 Å². The first-order valence-electron chi connectivity index (χ1n) is 5.63. The smallest absolute Gasteiger partial charge is 0.156 e. The normalized spacial score (nSPS) is 10.4. The number of methoxy groups -OCH3 is 1. The molecule has 2 aromatic heterocycles. The number of ether oxygens (including phenoxy) is 1. The Bertz CT molecular complexity index is 564. The van der Waals surface area contributed by atoms with Gasteiger partial charge in [-0.05, 0) is 12.1 Å². The Morgan fingerprint density at radius 1 is 1.42 bits per heavy atom. The molecule has 0 aliphatic carbocycles. The van der Waals surface area contributed by atoms with Gasteiger partial charge in [-0.3, -0.25) is 0 Å². The van der Waals surface area contributed by atoms with Crippen molar-refractivity contribution in [2.24, 2.45) is 0 Å². The van der Waals surface area contributed by atoms with Gasteiger partial charge in [-0.25, -0.2) is 15.0 Å². The van der Waals surface area contributed by atoms with Crippen LogP contribution in [0.3, 0.4) is 0 Å². The third-order valence-electron chi connectivity index (χ3n) is 2.40. The SMILES string of the molecule is COCc1ncc(CNc2cc(Br)ccn2)c(N)n1. The molecule has 100 valence electrons. The first-order valence-corrected chi connectivity index (χ1v) is 6.43. The fourth-order valence-electron chi connectivity index (χ4n) is 1.48. The van der Waals surface area contributed by atoms with E-state index in [1.807, 2.05) is 12.1 Å². The van der Waals surface area contributed by atoms with Gasteiger partial charge in [0.1, 0.15) is 18.2 Å². The van der Waals surface area contributed by atoms with E-state index in [1.165, 1.54) is 0 Å². The Morgan fingerprint density at radius 2 is 2.26 bits per heavy atom. The molecule has 6 nitrogen and oxygen atoms in total. The summed E-state index contributed by atoms with van der Waals surface area (Å²) in [5.41, 5.74) is 6.69. The molecule has 0 saturated carbocycles. The van der Waals surface area contributed by atoms with Gasteiger partial charge in [0, 0.05) is 36.1 Å². The lowest BCUT2D eigenvalue weighted by Crippen LogP contribution is -2.08. The van der Waals surface area contributed by atoms with Crippen molar-refractivity contribution in [2.75, 3.05) is 18.2 Å². The minimum atomic E-state index is 0.352. The maximum atomic E-state index is 5.87. The van der Waals surface area contributed by atoms with Crippen LogP contribution in [0.5, 0.6) is 0 Å². The van der Waals surface area contributed by atoms with E-state index in [0.29, 0.717) is 24.8 Å². The molecule has 0 atom stereocenters. The summed E-state index contributed by atoms with van der Waals surface area (Å²) in [6.45, 7) is 0.869. The van der Waals surface area contributed by atoms with Crippen LogP contribution in [0.4, 0.5) is 11.6 Å². The molecule has 0 aliphatic rings. The van der Waals surface area contributed by atoms with E-state index < -0.39 is 0 Å². The van der Waals surface area contributed by atoms with Crippen LogP contribution in [-0.4, -0.2) is 22.1 Å². The highest BCUT2D eigenvalue weighted by Gasteiger charge is 2.04. The van der Waals surface area contributed by atoms with Gasteiger partial charge in [0.2, 0.25) is 0 Å². The maximum absolute atomic E-state index is 5.87. The molecule has 0 spiro atoms. The van der Waals surface area contributed by atoms with E-state index in [-0.39, 0.29) is 0 Å². The third-order valence-corrected chi connectivity index (χ3v) is 2.90. The molecule has 0 radical (unpaired) electrons. The number of hydrogen-bond donors (Lipinski definition) is 2. The Kier molecular flexibility index (Phi) is 4.64. The van der Waals surface area contributed by atoms with Crippen molar-refractivity contribution in [1.82, 2.24) is 15.0 Å². The van der Waals surface area contributed by atoms with Gasteiger partial charge in [-0.2, -0.15) is 0 Å². The van der Waals surface area contributed by atoms with E-state index in [2.05, 4.69) is 36.2 Å². The Hall–Kier alpha value is -1.73. The minimum Gasteiger partial charge on any atom is -0.383 e. The highest BCUT2D eigenvalue weighted by atomic mass is 79.9. The third kappa shape index (κ3) is 3.87. The van der Waals surface area contributed by atoms with Crippen LogP contribution in [0.2, 0.25) is 0 Å². The molecule has 0 saturated heterocycles. The molecule has 2 rings (SSSR count). The number of hydrogen-bond acceptors (Lipinski definition) is 6. The van der Waals surface area contributed by atoms with Crippen LogP contribution >= 0.6 is 15.9 Å². The number of halogens is 1. The lowest BCUT2D eigenvalue weighted by atomic mass is 10.3. The molecule has 0 amide bonds. The predicted molar refractivity (Wildman–Crippen MR) is 76.4 cm³/mol. The van der Waals surface area contributed by atoms with E-state index in [9.17, 15) is 0 Å². The topological polar surface area (TPSA) is 86.0 Å². The number of nitrogens with zero attached hydrogens (tertiary/aromatic N) is 3. The summed E-state index contributed by atoms with van der Waals surface area (Å²) < 4.78 is 5.92. The molecule has 19 heavy (non-hydrogen) atoms. The average Bonchev–Trinajstić information content (AvgIpc) is 2.38. The molecule has 0 aliphatic heterocycles. The zero-order valence-corrected chi connectivity index (χ0v) is 12.0. The fraction of sp³-hybridized carbons (Fsp3) is 0.250. The summed E-state index contributed by atoms with van der Waals surface area (Å²) in [4.78, 5) is 12.5. The molecule has 0 unspecified atom stereocenters. The monoisotopic (exact) mass is 323 g/mol. The lowest BCUT2D eigenvalue weighted by molar-refractivity contribution is 0.178. The molecule has 2 heterocycles. The van der Waals surface area contributed by atoms with Crippen molar-refractivity contribution in [3.63, 3.8) is 0 Å². The number of aromatic nitrogens is 3. The second kappa shape index (κ2) is 6.44. The predicted octanol–water partition coefficient (Wildman–Crippen LogP) is 1.97. The van der Waals surface area contributed by atoms with Crippen LogP contribution in [0.15, 0.2) is 29.0 Å². The molecule has 7 heteroatoms. The fourth-order valence-corrected chi connectivity index (χ4v) is 1.82. The summed E-state index contributed by atoms with van der Waals surface area (Å²) >= 11 is 3.39. The quantitative estimate of drug-likeness (QED) is 0.875. The van der Waals surface area contributed by atoms with Crippen LogP contribution in [-0.2, 0) is 17.9 Å². The number of pyridine rings is 1. The molecular formula is C12H14BrN5O. The highest BCUT2D eigenvalue weighted by molar-refractivity contribution is 9.10.